The fourth-order valence-electron chi connectivity index (χ4n) is 2.24. The van der Waals surface area contributed by atoms with Gasteiger partial charge >= 0.3 is 0 Å². The Balaban J connectivity index is 1.86. The van der Waals surface area contributed by atoms with Crippen LogP contribution in [0, 0.1) is 6.92 Å². The maximum Gasteiger partial charge on any atom is 0.126 e. The lowest BCUT2D eigenvalue weighted by Gasteiger charge is -2.08. The molecular weight excluding hydrogens is 338 g/mol. The van der Waals surface area contributed by atoms with Gasteiger partial charge in [-0.05, 0) is 50.2 Å². The van der Waals surface area contributed by atoms with E-state index in [0.717, 1.165) is 26.9 Å². The number of para-hydroxylation sites is 2. The number of thioether (sulfide) groups is 1. The minimum Gasteiger partial charge on any atom is -0.465 e. The van der Waals surface area contributed by atoms with Crippen molar-refractivity contribution in [3.63, 3.8) is 0 Å². The Labute approximate surface area is 159 Å². The molecule has 0 heterocycles. The van der Waals surface area contributed by atoms with Gasteiger partial charge in [-0.2, -0.15) is 0 Å². The first-order valence-electron chi connectivity index (χ1n) is 8.48. The summed E-state index contributed by atoms with van der Waals surface area (Å²) in [6, 6.07) is 28.2. The van der Waals surface area contributed by atoms with Crippen LogP contribution in [-0.4, -0.2) is 5.04 Å². The van der Waals surface area contributed by atoms with Gasteiger partial charge < -0.3 is 4.74 Å². The smallest absolute Gasteiger partial charge is 0.126 e. The van der Waals surface area contributed by atoms with Gasteiger partial charge in [0.2, 0.25) is 0 Å². The molecule has 0 aliphatic rings. The molecule has 0 saturated carbocycles. The van der Waals surface area contributed by atoms with E-state index in [-0.39, 0.29) is 0 Å². The lowest BCUT2D eigenvalue weighted by molar-refractivity contribution is 0.478. The molecule has 0 atom stereocenters. The lowest BCUT2D eigenvalue weighted by atomic mass is 10.2. The van der Waals surface area contributed by atoms with Gasteiger partial charge in [-0.15, -0.1) is 0 Å². The largest absolute Gasteiger partial charge is 0.465 e. The molecular formula is C23H21NOS. The van der Waals surface area contributed by atoms with Gasteiger partial charge in [-0.25, -0.2) is 4.99 Å². The van der Waals surface area contributed by atoms with Crippen LogP contribution in [-0.2, 0) is 0 Å². The van der Waals surface area contributed by atoms with E-state index in [1.54, 1.807) is 18.0 Å². The summed E-state index contributed by atoms with van der Waals surface area (Å²) in [6.07, 6.45) is 1.76. The molecule has 26 heavy (non-hydrogen) atoms. The fourth-order valence-corrected chi connectivity index (χ4v) is 3.09. The van der Waals surface area contributed by atoms with Crippen LogP contribution in [0.5, 0.6) is 5.75 Å². The second kappa shape index (κ2) is 9.07. The quantitative estimate of drug-likeness (QED) is 0.216. The molecule has 3 aromatic carbocycles. The van der Waals surface area contributed by atoms with Gasteiger partial charge in [0.05, 0.1) is 11.9 Å². The molecule has 3 rings (SSSR count). The summed E-state index contributed by atoms with van der Waals surface area (Å²) >= 11 is 1.64. The second-order valence-electron chi connectivity index (χ2n) is 5.90. The molecule has 0 radical (unpaired) electrons. The fraction of sp³-hybridized carbons (Fsp3) is 0.0870. The molecule has 0 aromatic heterocycles. The van der Waals surface area contributed by atoms with E-state index < -0.39 is 0 Å². The van der Waals surface area contributed by atoms with Crippen molar-refractivity contribution in [1.29, 1.82) is 0 Å². The highest BCUT2D eigenvalue weighted by Crippen LogP contribution is 2.27. The van der Waals surface area contributed by atoms with Crippen LogP contribution in [0.15, 0.2) is 107 Å². The first-order valence-corrected chi connectivity index (χ1v) is 9.29. The Morgan fingerprint density at radius 3 is 2.12 bits per heavy atom. The topological polar surface area (TPSA) is 21.6 Å². The third-order valence-electron chi connectivity index (χ3n) is 3.67. The number of ether oxygens (including phenoxy) is 1. The standard InChI is InChI=1S/C23H21NOS/c1-18-13-15-22(16-14-18)26-23(24-20-9-5-3-6-10-20)19(2)17-25-21-11-7-4-8-12-21/h3-17H,1-2H3/b19-17+,24-23+. The van der Waals surface area contributed by atoms with Crippen molar-refractivity contribution in [2.24, 2.45) is 4.99 Å². The average Bonchev–Trinajstić information content (AvgIpc) is 2.69. The summed E-state index contributed by atoms with van der Waals surface area (Å²) in [5.41, 5.74) is 3.15. The van der Waals surface area contributed by atoms with Gasteiger partial charge in [0.15, 0.2) is 0 Å². The maximum absolute atomic E-state index is 5.79. The molecule has 0 spiro atoms. The summed E-state index contributed by atoms with van der Waals surface area (Å²) in [5.74, 6) is 0.811. The third kappa shape index (κ3) is 5.36. The molecule has 2 nitrogen and oxygen atoms in total. The molecule has 0 aliphatic heterocycles. The summed E-state index contributed by atoms with van der Waals surface area (Å²) in [7, 11) is 0. The second-order valence-corrected chi connectivity index (χ2v) is 6.96. The molecule has 0 bridgehead atoms. The van der Waals surface area contributed by atoms with Crippen LogP contribution in [0.2, 0.25) is 0 Å². The van der Waals surface area contributed by atoms with E-state index in [9.17, 15) is 0 Å². The van der Waals surface area contributed by atoms with Crippen LogP contribution < -0.4 is 4.74 Å². The van der Waals surface area contributed by atoms with Crippen LogP contribution in [0.4, 0.5) is 5.69 Å². The van der Waals surface area contributed by atoms with Crippen LogP contribution in [0.3, 0.4) is 0 Å². The normalized spacial score (nSPS) is 12.1. The number of benzene rings is 3. The molecule has 0 saturated heterocycles. The predicted molar refractivity (Wildman–Crippen MR) is 111 cm³/mol. The van der Waals surface area contributed by atoms with Gasteiger partial charge in [0, 0.05) is 10.5 Å². The highest BCUT2D eigenvalue weighted by atomic mass is 32.2. The zero-order valence-corrected chi connectivity index (χ0v) is 15.7. The number of nitrogens with zero attached hydrogens (tertiary/aromatic N) is 1. The van der Waals surface area contributed by atoms with Gasteiger partial charge in [-0.1, -0.05) is 65.9 Å². The summed E-state index contributed by atoms with van der Waals surface area (Å²) in [4.78, 5) is 5.97. The first-order chi connectivity index (χ1) is 12.7. The summed E-state index contributed by atoms with van der Waals surface area (Å²) < 4.78 is 5.79. The van der Waals surface area contributed by atoms with Gasteiger partial charge in [-0.3, -0.25) is 0 Å². The van der Waals surface area contributed by atoms with E-state index in [0.29, 0.717) is 0 Å². The third-order valence-corrected chi connectivity index (χ3v) is 4.79. The van der Waals surface area contributed by atoms with Gasteiger partial charge in [0.1, 0.15) is 10.8 Å². The number of rotatable bonds is 5. The van der Waals surface area contributed by atoms with Gasteiger partial charge in [0.25, 0.3) is 0 Å². The first kappa shape index (κ1) is 18.0. The molecule has 0 aliphatic carbocycles. The Hall–Kier alpha value is -2.78. The lowest BCUT2D eigenvalue weighted by Crippen LogP contribution is -1.97. The molecule has 0 fully saturated rings. The molecule has 0 N–H and O–H groups in total. The molecule has 130 valence electrons. The average molecular weight is 359 g/mol. The highest BCUT2D eigenvalue weighted by Gasteiger charge is 2.07. The minimum absolute atomic E-state index is 0.811. The zero-order valence-electron chi connectivity index (χ0n) is 14.9. The highest BCUT2D eigenvalue weighted by molar-refractivity contribution is 8.14. The van der Waals surface area contributed by atoms with Crippen molar-refractivity contribution in [2.45, 2.75) is 18.7 Å². The summed E-state index contributed by atoms with van der Waals surface area (Å²) in [5, 5.41) is 0.913. The monoisotopic (exact) mass is 359 g/mol. The number of hydrogen-bond donors (Lipinski definition) is 0. The zero-order chi connectivity index (χ0) is 18.2. The Morgan fingerprint density at radius 2 is 1.46 bits per heavy atom. The van der Waals surface area contributed by atoms with Crippen LogP contribution in [0.25, 0.3) is 0 Å². The van der Waals surface area contributed by atoms with Crippen molar-refractivity contribution in [3.05, 3.63) is 102 Å². The minimum atomic E-state index is 0.811. The Bertz CT molecular complexity index is 885. The number of hydrogen-bond acceptors (Lipinski definition) is 3. The van der Waals surface area contributed by atoms with Crippen LogP contribution >= 0.6 is 11.8 Å². The molecule has 3 aromatic rings. The number of aryl methyl sites for hydroxylation is 1. The van der Waals surface area contributed by atoms with Crippen molar-refractivity contribution >= 4 is 22.5 Å². The SMILES string of the molecule is CC(=C\Oc1ccccc1)/C(=N\c1ccccc1)Sc1ccc(C)cc1. The summed E-state index contributed by atoms with van der Waals surface area (Å²) in [6.45, 7) is 4.11. The van der Waals surface area contributed by atoms with Crippen molar-refractivity contribution in [3.8, 4) is 5.75 Å². The molecule has 3 heteroatoms. The molecule has 0 amide bonds. The van der Waals surface area contributed by atoms with E-state index in [2.05, 4.69) is 31.2 Å². The predicted octanol–water partition coefficient (Wildman–Crippen LogP) is 6.80. The van der Waals surface area contributed by atoms with E-state index >= 15 is 0 Å². The Morgan fingerprint density at radius 1 is 0.846 bits per heavy atom. The van der Waals surface area contributed by atoms with E-state index in [4.69, 9.17) is 9.73 Å². The van der Waals surface area contributed by atoms with E-state index in [1.807, 2.05) is 67.6 Å². The number of aliphatic imine (C=N–C) groups is 1. The van der Waals surface area contributed by atoms with Crippen LogP contribution in [0.1, 0.15) is 12.5 Å². The van der Waals surface area contributed by atoms with Crippen molar-refractivity contribution < 1.29 is 4.74 Å². The molecule has 0 unspecified atom stereocenters. The van der Waals surface area contributed by atoms with Crippen molar-refractivity contribution in [1.82, 2.24) is 0 Å². The van der Waals surface area contributed by atoms with E-state index in [1.165, 1.54) is 5.56 Å². The maximum atomic E-state index is 5.79. The van der Waals surface area contributed by atoms with Crippen molar-refractivity contribution in [2.75, 3.05) is 0 Å². The Kier molecular flexibility index (Phi) is 6.29.